The van der Waals surface area contributed by atoms with Crippen molar-refractivity contribution in [2.45, 2.75) is 258 Å². The topological polar surface area (TPSA) is 78.9 Å². The van der Waals surface area contributed by atoms with E-state index in [0.717, 1.165) is 122 Å². The largest absolute Gasteiger partial charge is 0.462 e. The third kappa shape index (κ3) is 53.2. The molecule has 0 radical (unpaired) electrons. The van der Waals surface area contributed by atoms with E-state index in [9.17, 15) is 14.4 Å². The first kappa shape index (κ1) is 63.3. The maximum absolute atomic E-state index is 12.8. The summed E-state index contributed by atoms with van der Waals surface area (Å²) in [6.45, 7) is 6.44. The Bertz CT molecular complexity index is 1350. The number of hydrogen-bond donors (Lipinski definition) is 0. The maximum atomic E-state index is 12.8. The fraction of sp³-hybridized carbons (Fsp3) is 0.689. The van der Waals surface area contributed by atoms with Crippen molar-refractivity contribution in [3.8, 4) is 0 Å². The minimum atomic E-state index is -0.786. The van der Waals surface area contributed by atoms with Crippen LogP contribution in [0.3, 0.4) is 0 Å². The summed E-state index contributed by atoms with van der Waals surface area (Å²) in [5.74, 6) is -0.915. The summed E-state index contributed by atoms with van der Waals surface area (Å²) in [6, 6.07) is 0. The summed E-state index contributed by atoms with van der Waals surface area (Å²) >= 11 is 0. The minimum Gasteiger partial charge on any atom is -0.462 e. The number of esters is 3. The van der Waals surface area contributed by atoms with Crippen LogP contribution in [0.5, 0.6) is 0 Å². The SMILES string of the molecule is CC/C=C\C/C=C\C/C=C\C/C=C\C/C=C\C/C=C\CCCCCCCCC(=O)OCC(COC(=O)CCCCCCCCC)OC(=O)CCCCCCCCC/C=C\C/C=C\CCCCC. The Morgan fingerprint density at radius 1 is 0.313 bits per heavy atom. The molecule has 0 aliphatic carbocycles. The molecule has 0 aliphatic rings. The Balaban J connectivity index is 4.26. The molecule has 0 fully saturated rings. The molecule has 0 bridgehead atoms. The van der Waals surface area contributed by atoms with Crippen LogP contribution in [0, 0.1) is 0 Å². The predicted octanol–water partition coefficient (Wildman–Crippen LogP) is 18.5. The monoisotopic (exact) mass is 931 g/mol. The minimum absolute atomic E-state index is 0.0855. The molecule has 0 rings (SSSR count). The molecule has 1 atom stereocenters. The van der Waals surface area contributed by atoms with Gasteiger partial charge in [-0.1, -0.05) is 227 Å². The first-order valence-corrected chi connectivity index (χ1v) is 27.7. The van der Waals surface area contributed by atoms with Gasteiger partial charge in [-0.25, -0.2) is 0 Å². The molecule has 6 heteroatoms. The molecule has 6 nitrogen and oxygen atoms in total. The first-order valence-electron chi connectivity index (χ1n) is 27.7. The van der Waals surface area contributed by atoms with E-state index in [0.29, 0.717) is 19.3 Å². The van der Waals surface area contributed by atoms with Gasteiger partial charge in [0.05, 0.1) is 0 Å². The van der Waals surface area contributed by atoms with E-state index >= 15 is 0 Å². The van der Waals surface area contributed by atoms with Crippen molar-refractivity contribution in [2.75, 3.05) is 13.2 Å². The lowest BCUT2D eigenvalue weighted by molar-refractivity contribution is -0.167. The Morgan fingerprint density at radius 2 is 0.582 bits per heavy atom. The molecular formula is C61H102O6. The third-order valence-corrected chi connectivity index (χ3v) is 11.6. The Labute approximate surface area is 413 Å². The molecule has 0 heterocycles. The average Bonchev–Trinajstić information content (AvgIpc) is 3.33. The standard InChI is InChI=1S/C61H102O6/c1-4-7-10-13-16-18-20-22-24-26-27-28-29-30-31-32-33-35-36-38-40-42-45-48-51-54-60(63)66-57-58(56-65-59(62)53-50-47-44-15-12-9-6-3)67-61(64)55-52-49-46-43-41-39-37-34-25-23-21-19-17-14-11-8-5-2/h7,10,16-19,22-25,27-28,30-31,33,35,58H,4-6,8-9,11-15,20-21,26,29,32,34,36-57H2,1-3H3/b10-7-,18-16-,19-17-,24-22-,25-23-,28-27-,31-30-,35-33-. The van der Waals surface area contributed by atoms with E-state index in [-0.39, 0.29) is 31.1 Å². The summed E-state index contributed by atoms with van der Waals surface area (Å²) in [7, 11) is 0. The van der Waals surface area contributed by atoms with Crippen LogP contribution in [0.15, 0.2) is 97.2 Å². The van der Waals surface area contributed by atoms with Gasteiger partial charge in [-0.3, -0.25) is 14.4 Å². The second kappa shape index (κ2) is 54.9. The second-order valence-electron chi connectivity index (χ2n) is 18.1. The van der Waals surface area contributed by atoms with Crippen molar-refractivity contribution >= 4 is 17.9 Å². The number of ether oxygens (including phenoxy) is 3. The molecule has 1 unspecified atom stereocenters. The summed E-state index contributed by atoms with van der Waals surface area (Å²) < 4.78 is 16.8. The fourth-order valence-corrected chi connectivity index (χ4v) is 7.42. The quantitative estimate of drug-likeness (QED) is 0.0262. The Hall–Kier alpha value is -3.67. The zero-order chi connectivity index (χ0) is 48.6. The van der Waals surface area contributed by atoms with Gasteiger partial charge >= 0.3 is 17.9 Å². The highest BCUT2D eigenvalue weighted by atomic mass is 16.6. The van der Waals surface area contributed by atoms with Gasteiger partial charge in [0, 0.05) is 19.3 Å². The third-order valence-electron chi connectivity index (χ3n) is 11.6. The molecule has 0 aromatic heterocycles. The molecule has 0 amide bonds. The lowest BCUT2D eigenvalue weighted by Crippen LogP contribution is -2.30. The first-order chi connectivity index (χ1) is 33.0. The number of unbranched alkanes of at least 4 members (excludes halogenated alkanes) is 22. The van der Waals surface area contributed by atoms with Crippen molar-refractivity contribution < 1.29 is 28.6 Å². The highest BCUT2D eigenvalue weighted by molar-refractivity contribution is 5.71. The van der Waals surface area contributed by atoms with E-state index in [1.807, 2.05) is 0 Å². The van der Waals surface area contributed by atoms with Crippen LogP contribution in [0.4, 0.5) is 0 Å². The van der Waals surface area contributed by atoms with E-state index in [1.54, 1.807) is 0 Å². The van der Waals surface area contributed by atoms with Gasteiger partial charge in [-0.15, -0.1) is 0 Å². The molecule has 0 aliphatic heterocycles. The van der Waals surface area contributed by atoms with Crippen molar-refractivity contribution in [3.63, 3.8) is 0 Å². The highest BCUT2D eigenvalue weighted by Gasteiger charge is 2.19. The van der Waals surface area contributed by atoms with Gasteiger partial charge in [-0.2, -0.15) is 0 Å². The Morgan fingerprint density at radius 3 is 0.940 bits per heavy atom. The van der Waals surface area contributed by atoms with Gasteiger partial charge < -0.3 is 14.2 Å². The molecule has 0 aromatic rings. The molecule has 67 heavy (non-hydrogen) atoms. The number of rotatable bonds is 49. The highest BCUT2D eigenvalue weighted by Crippen LogP contribution is 2.14. The number of allylic oxidation sites excluding steroid dienone is 16. The van der Waals surface area contributed by atoms with Crippen molar-refractivity contribution in [1.29, 1.82) is 0 Å². The number of carbonyl (C=O) groups is 3. The Kier molecular flexibility index (Phi) is 51.9. The smallest absolute Gasteiger partial charge is 0.306 e. The van der Waals surface area contributed by atoms with Crippen molar-refractivity contribution in [1.82, 2.24) is 0 Å². The lowest BCUT2D eigenvalue weighted by Gasteiger charge is -2.18. The van der Waals surface area contributed by atoms with Gasteiger partial charge in [0.2, 0.25) is 0 Å². The lowest BCUT2D eigenvalue weighted by atomic mass is 10.1. The van der Waals surface area contributed by atoms with E-state index in [4.69, 9.17) is 14.2 Å². The molecule has 0 N–H and O–H groups in total. The van der Waals surface area contributed by atoms with Crippen LogP contribution in [0.1, 0.15) is 252 Å². The molecule has 382 valence electrons. The zero-order valence-corrected chi connectivity index (χ0v) is 43.6. The van der Waals surface area contributed by atoms with E-state index < -0.39 is 6.10 Å². The average molecular weight is 931 g/mol. The van der Waals surface area contributed by atoms with Crippen molar-refractivity contribution in [3.05, 3.63) is 97.2 Å². The molecule has 0 aromatic carbocycles. The van der Waals surface area contributed by atoms with Gasteiger partial charge in [0.15, 0.2) is 6.10 Å². The van der Waals surface area contributed by atoms with E-state index in [2.05, 4.69) is 118 Å². The number of hydrogen-bond acceptors (Lipinski definition) is 6. The van der Waals surface area contributed by atoms with Crippen LogP contribution in [0.2, 0.25) is 0 Å². The normalized spacial score (nSPS) is 12.8. The summed E-state index contributed by atoms with van der Waals surface area (Å²) in [4.78, 5) is 37.9. The van der Waals surface area contributed by atoms with Crippen LogP contribution in [-0.2, 0) is 28.6 Å². The summed E-state index contributed by atoms with van der Waals surface area (Å²) in [6.07, 6.45) is 72.7. The molecular weight excluding hydrogens is 829 g/mol. The maximum Gasteiger partial charge on any atom is 0.306 e. The van der Waals surface area contributed by atoms with Crippen LogP contribution in [-0.4, -0.2) is 37.2 Å². The second-order valence-corrected chi connectivity index (χ2v) is 18.1. The zero-order valence-electron chi connectivity index (χ0n) is 43.6. The molecule has 0 saturated heterocycles. The fourth-order valence-electron chi connectivity index (χ4n) is 7.42. The van der Waals surface area contributed by atoms with Crippen LogP contribution < -0.4 is 0 Å². The van der Waals surface area contributed by atoms with Gasteiger partial charge in [0.25, 0.3) is 0 Å². The van der Waals surface area contributed by atoms with E-state index in [1.165, 1.54) is 89.9 Å². The summed E-state index contributed by atoms with van der Waals surface area (Å²) in [5, 5.41) is 0. The van der Waals surface area contributed by atoms with Gasteiger partial charge in [0.1, 0.15) is 13.2 Å². The predicted molar refractivity (Wildman–Crippen MR) is 288 cm³/mol. The van der Waals surface area contributed by atoms with Crippen LogP contribution in [0.25, 0.3) is 0 Å². The summed E-state index contributed by atoms with van der Waals surface area (Å²) in [5.41, 5.74) is 0. The van der Waals surface area contributed by atoms with Crippen molar-refractivity contribution in [2.24, 2.45) is 0 Å². The molecule has 0 saturated carbocycles. The van der Waals surface area contributed by atoms with Crippen LogP contribution >= 0.6 is 0 Å². The molecule has 0 spiro atoms. The van der Waals surface area contributed by atoms with Gasteiger partial charge in [-0.05, 0) is 103 Å². The number of carbonyl (C=O) groups excluding carboxylic acids is 3.